The molecule has 0 aliphatic heterocycles. The number of nitrogens with zero attached hydrogens (tertiary/aromatic N) is 1. The zero-order valence-electron chi connectivity index (χ0n) is 13.0. The first-order chi connectivity index (χ1) is 9.54. The molecule has 0 saturated carbocycles. The minimum Gasteiger partial charge on any atom is -0.336 e. The molecule has 20 heavy (non-hydrogen) atoms. The van der Waals surface area contributed by atoms with E-state index in [1.807, 2.05) is 23.1 Å². The number of nitrogens with two attached hydrogens (primary N) is 1. The van der Waals surface area contributed by atoms with Crippen LogP contribution >= 0.6 is 0 Å². The topological polar surface area (TPSA) is 46.3 Å². The summed E-state index contributed by atoms with van der Waals surface area (Å²) < 4.78 is 0. The highest BCUT2D eigenvalue weighted by Crippen LogP contribution is 2.14. The van der Waals surface area contributed by atoms with Crippen LogP contribution in [0.4, 0.5) is 0 Å². The first kappa shape index (κ1) is 16.7. The number of carbonyl (C=O) groups excluding carboxylic acids is 1. The summed E-state index contributed by atoms with van der Waals surface area (Å²) in [5, 5.41) is 0. The molecule has 2 N–H and O–H groups in total. The van der Waals surface area contributed by atoms with Crippen LogP contribution < -0.4 is 5.73 Å². The first-order valence-electron chi connectivity index (χ1n) is 7.58. The van der Waals surface area contributed by atoms with Gasteiger partial charge < -0.3 is 10.6 Å². The van der Waals surface area contributed by atoms with Gasteiger partial charge in [0.25, 0.3) is 0 Å². The lowest BCUT2D eigenvalue weighted by Gasteiger charge is -2.27. The molecule has 1 rings (SSSR count). The normalized spacial score (nSPS) is 12.4. The molecule has 3 nitrogen and oxygen atoms in total. The molecule has 1 aromatic carbocycles. The van der Waals surface area contributed by atoms with Gasteiger partial charge in [0, 0.05) is 19.0 Å². The summed E-state index contributed by atoms with van der Waals surface area (Å²) in [4.78, 5) is 14.4. The van der Waals surface area contributed by atoms with Crippen molar-refractivity contribution >= 4 is 5.91 Å². The van der Waals surface area contributed by atoms with Gasteiger partial charge >= 0.3 is 0 Å². The van der Waals surface area contributed by atoms with Crippen molar-refractivity contribution in [2.45, 2.75) is 52.6 Å². The summed E-state index contributed by atoms with van der Waals surface area (Å²) in [6.45, 7) is 7.71. The second-order valence-electron chi connectivity index (χ2n) is 5.82. The molecule has 1 aromatic rings. The summed E-state index contributed by atoms with van der Waals surface area (Å²) in [6.07, 6.45) is 2.54. The van der Waals surface area contributed by atoms with E-state index in [-0.39, 0.29) is 11.9 Å². The molecule has 0 aliphatic carbocycles. The Morgan fingerprint density at radius 2 is 1.80 bits per heavy atom. The Hall–Kier alpha value is -1.35. The van der Waals surface area contributed by atoms with E-state index in [4.69, 9.17) is 5.73 Å². The average molecular weight is 276 g/mol. The van der Waals surface area contributed by atoms with E-state index in [2.05, 4.69) is 32.9 Å². The van der Waals surface area contributed by atoms with Crippen molar-refractivity contribution in [3.63, 3.8) is 0 Å². The lowest BCUT2D eigenvalue weighted by Crippen LogP contribution is -2.36. The zero-order valence-corrected chi connectivity index (χ0v) is 13.0. The molecule has 0 aliphatic rings. The van der Waals surface area contributed by atoms with Crippen LogP contribution in [0, 0.1) is 5.92 Å². The Balaban J connectivity index is 2.55. The predicted octanol–water partition coefficient (Wildman–Crippen LogP) is 3.19. The Labute approximate surface area is 123 Å². The van der Waals surface area contributed by atoms with E-state index in [1.54, 1.807) is 0 Å². The standard InChI is InChI=1S/C17H28N2O/c1-14(2)19(13-16-7-5-4-6-8-16)17(20)10-9-15(3)11-12-18/h4-8,14-15H,9-13,18H2,1-3H3. The van der Waals surface area contributed by atoms with Gasteiger partial charge in [-0.05, 0) is 44.7 Å². The van der Waals surface area contributed by atoms with Crippen molar-refractivity contribution in [1.29, 1.82) is 0 Å². The molecule has 112 valence electrons. The van der Waals surface area contributed by atoms with E-state index in [1.165, 1.54) is 5.56 Å². The second kappa shape index (κ2) is 8.75. The second-order valence-corrected chi connectivity index (χ2v) is 5.82. The van der Waals surface area contributed by atoms with Crippen molar-refractivity contribution < 1.29 is 4.79 Å². The van der Waals surface area contributed by atoms with Crippen LogP contribution in [0.3, 0.4) is 0 Å². The van der Waals surface area contributed by atoms with E-state index in [9.17, 15) is 4.79 Å². The van der Waals surface area contributed by atoms with Crippen LogP contribution in [0.25, 0.3) is 0 Å². The third-order valence-corrected chi connectivity index (χ3v) is 3.65. The molecule has 0 spiro atoms. The number of benzene rings is 1. The summed E-state index contributed by atoms with van der Waals surface area (Å²) >= 11 is 0. The zero-order chi connectivity index (χ0) is 15.0. The Kier molecular flexibility index (Phi) is 7.31. The van der Waals surface area contributed by atoms with E-state index < -0.39 is 0 Å². The molecule has 1 amide bonds. The molecule has 3 heteroatoms. The highest BCUT2D eigenvalue weighted by atomic mass is 16.2. The highest BCUT2D eigenvalue weighted by Gasteiger charge is 2.17. The number of amides is 1. The Morgan fingerprint density at radius 3 is 2.35 bits per heavy atom. The van der Waals surface area contributed by atoms with Crippen LogP contribution in [-0.2, 0) is 11.3 Å². The third kappa shape index (κ3) is 5.74. The van der Waals surface area contributed by atoms with Gasteiger partial charge in [0.15, 0.2) is 0 Å². The van der Waals surface area contributed by atoms with Crippen molar-refractivity contribution in [3.8, 4) is 0 Å². The fourth-order valence-electron chi connectivity index (χ4n) is 2.28. The fourth-order valence-corrected chi connectivity index (χ4v) is 2.28. The minimum absolute atomic E-state index is 0.229. The molecular formula is C17H28N2O. The average Bonchev–Trinajstić information content (AvgIpc) is 2.43. The molecule has 0 fully saturated rings. The summed E-state index contributed by atoms with van der Waals surface area (Å²) in [5.74, 6) is 0.766. The van der Waals surface area contributed by atoms with Gasteiger partial charge in [0.2, 0.25) is 5.91 Å². The minimum atomic E-state index is 0.229. The quantitative estimate of drug-likeness (QED) is 0.792. The summed E-state index contributed by atoms with van der Waals surface area (Å²) in [5.41, 5.74) is 6.74. The van der Waals surface area contributed by atoms with E-state index >= 15 is 0 Å². The van der Waals surface area contributed by atoms with Gasteiger partial charge in [-0.2, -0.15) is 0 Å². The maximum atomic E-state index is 12.4. The van der Waals surface area contributed by atoms with Crippen molar-refractivity contribution in [3.05, 3.63) is 35.9 Å². The van der Waals surface area contributed by atoms with Crippen molar-refractivity contribution in [2.75, 3.05) is 6.54 Å². The van der Waals surface area contributed by atoms with Gasteiger partial charge in [-0.1, -0.05) is 37.3 Å². The SMILES string of the molecule is CC(CCN)CCC(=O)N(Cc1ccccc1)C(C)C. The number of rotatable bonds is 8. The molecule has 0 aromatic heterocycles. The Morgan fingerprint density at radius 1 is 1.15 bits per heavy atom. The summed E-state index contributed by atoms with van der Waals surface area (Å²) in [7, 11) is 0. The van der Waals surface area contributed by atoms with Gasteiger partial charge in [0.1, 0.15) is 0 Å². The van der Waals surface area contributed by atoms with Crippen LogP contribution in [-0.4, -0.2) is 23.4 Å². The first-order valence-corrected chi connectivity index (χ1v) is 7.58. The number of carbonyl (C=O) groups is 1. The lowest BCUT2D eigenvalue weighted by atomic mass is 10.0. The molecule has 0 saturated heterocycles. The smallest absolute Gasteiger partial charge is 0.223 e. The highest BCUT2D eigenvalue weighted by molar-refractivity contribution is 5.76. The predicted molar refractivity (Wildman–Crippen MR) is 84.2 cm³/mol. The van der Waals surface area contributed by atoms with Crippen LogP contribution in [0.15, 0.2) is 30.3 Å². The van der Waals surface area contributed by atoms with Crippen molar-refractivity contribution in [2.24, 2.45) is 11.7 Å². The van der Waals surface area contributed by atoms with E-state index in [0.29, 0.717) is 25.4 Å². The Bertz CT molecular complexity index is 389. The molecule has 1 unspecified atom stereocenters. The van der Waals surface area contributed by atoms with Gasteiger partial charge in [0.05, 0.1) is 0 Å². The maximum absolute atomic E-state index is 12.4. The molecule has 0 heterocycles. The van der Waals surface area contributed by atoms with Crippen LogP contribution in [0.2, 0.25) is 0 Å². The van der Waals surface area contributed by atoms with Crippen LogP contribution in [0.5, 0.6) is 0 Å². The number of hydrogen-bond donors (Lipinski definition) is 1. The lowest BCUT2D eigenvalue weighted by molar-refractivity contribution is -0.133. The monoisotopic (exact) mass is 276 g/mol. The third-order valence-electron chi connectivity index (χ3n) is 3.65. The van der Waals surface area contributed by atoms with Gasteiger partial charge in [-0.15, -0.1) is 0 Å². The van der Waals surface area contributed by atoms with E-state index in [0.717, 1.165) is 12.8 Å². The maximum Gasteiger partial charge on any atom is 0.223 e. The molecular weight excluding hydrogens is 248 g/mol. The summed E-state index contributed by atoms with van der Waals surface area (Å²) in [6, 6.07) is 10.4. The number of hydrogen-bond acceptors (Lipinski definition) is 2. The van der Waals surface area contributed by atoms with Crippen molar-refractivity contribution in [1.82, 2.24) is 4.90 Å². The van der Waals surface area contributed by atoms with Crippen LogP contribution in [0.1, 0.15) is 45.6 Å². The molecule has 1 atom stereocenters. The van der Waals surface area contributed by atoms with Gasteiger partial charge in [-0.25, -0.2) is 0 Å². The van der Waals surface area contributed by atoms with Gasteiger partial charge in [-0.3, -0.25) is 4.79 Å². The fraction of sp³-hybridized carbons (Fsp3) is 0.588. The molecule has 0 radical (unpaired) electrons. The molecule has 0 bridgehead atoms. The largest absolute Gasteiger partial charge is 0.336 e.